The molecule has 0 amide bonds. The van der Waals surface area contributed by atoms with E-state index in [1.165, 1.54) is 17.7 Å². The molecule has 2 atom stereocenters. The Hall–Kier alpha value is -1.00. The minimum atomic E-state index is -0.00468. The van der Waals surface area contributed by atoms with Gasteiger partial charge < -0.3 is 15.4 Å². The van der Waals surface area contributed by atoms with E-state index in [9.17, 15) is 0 Å². The van der Waals surface area contributed by atoms with Crippen molar-refractivity contribution in [2.75, 3.05) is 18.6 Å². The first-order valence-electron chi connectivity index (χ1n) is 6.63. The first kappa shape index (κ1) is 13.0. The first-order valence-corrected chi connectivity index (χ1v) is 7.42. The summed E-state index contributed by atoms with van der Waals surface area (Å²) in [7, 11) is 1.69. The van der Waals surface area contributed by atoms with E-state index in [0.29, 0.717) is 0 Å². The molecular weight excluding hydrogens is 304 g/mol. The largest absolute Gasteiger partial charge is 0.497 e. The number of halogens is 1. The van der Waals surface area contributed by atoms with Crippen LogP contribution >= 0.6 is 15.9 Å². The van der Waals surface area contributed by atoms with Gasteiger partial charge in [-0.15, -0.1) is 0 Å². The summed E-state index contributed by atoms with van der Waals surface area (Å²) in [6.45, 7) is 5.09. The molecule has 1 aromatic rings. The highest BCUT2D eigenvalue weighted by Gasteiger charge is 2.52. The highest BCUT2D eigenvalue weighted by atomic mass is 79.9. The molecule has 102 valence electrons. The molecule has 3 nitrogen and oxygen atoms in total. The van der Waals surface area contributed by atoms with E-state index >= 15 is 0 Å². The second-order valence-electron chi connectivity index (χ2n) is 5.46. The topological polar surface area (TPSA) is 38.5 Å². The fraction of sp³-hybridized carbons (Fsp3) is 0.467. The van der Waals surface area contributed by atoms with E-state index in [1.807, 2.05) is 6.07 Å². The Balaban J connectivity index is 2.07. The van der Waals surface area contributed by atoms with Crippen LogP contribution in [0.4, 0.5) is 5.69 Å². The lowest BCUT2D eigenvalue weighted by atomic mass is 9.84. The van der Waals surface area contributed by atoms with Gasteiger partial charge in [0, 0.05) is 18.7 Å². The predicted molar refractivity (Wildman–Crippen MR) is 81.9 cm³/mol. The molecule has 0 unspecified atom stereocenters. The van der Waals surface area contributed by atoms with Crippen LogP contribution in [0.15, 0.2) is 29.3 Å². The molecule has 0 bridgehead atoms. The second kappa shape index (κ2) is 4.53. The number of benzene rings is 1. The van der Waals surface area contributed by atoms with Crippen molar-refractivity contribution in [1.82, 2.24) is 0 Å². The fourth-order valence-corrected chi connectivity index (χ4v) is 4.14. The fourth-order valence-electron chi connectivity index (χ4n) is 3.65. The lowest BCUT2D eigenvalue weighted by Crippen LogP contribution is -2.47. The maximum atomic E-state index is 6.58. The van der Waals surface area contributed by atoms with Gasteiger partial charge >= 0.3 is 0 Å². The van der Waals surface area contributed by atoms with Crippen LogP contribution in [0, 0.1) is 0 Å². The summed E-state index contributed by atoms with van der Waals surface area (Å²) in [5, 5.41) is 0. The van der Waals surface area contributed by atoms with Gasteiger partial charge in [0.25, 0.3) is 0 Å². The Morgan fingerprint density at radius 1 is 1.63 bits per heavy atom. The molecule has 2 aliphatic rings. The van der Waals surface area contributed by atoms with E-state index in [1.54, 1.807) is 7.11 Å². The van der Waals surface area contributed by atoms with Crippen molar-refractivity contribution in [2.24, 2.45) is 5.73 Å². The molecule has 2 heterocycles. The maximum absolute atomic E-state index is 6.58. The molecule has 2 aliphatic heterocycles. The number of fused-ring (bicyclic) bond motifs is 3. The summed E-state index contributed by atoms with van der Waals surface area (Å²) >= 11 is 3.51. The normalized spacial score (nSPS) is 28.2. The molecule has 1 fully saturated rings. The zero-order chi connectivity index (χ0) is 13.6. The Kier molecular flexibility index (Phi) is 3.10. The first-order chi connectivity index (χ1) is 9.08. The molecule has 1 aromatic carbocycles. The Bertz CT molecular complexity index is 531. The van der Waals surface area contributed by atoms with Gasteiger partial charge in [-0.25, -0.2) is 0 Å². The number of rotatable bonds is 3. The van der Waals surface area contributed by atoms with Crippen molar-refractivity contribution in [3.63, 3.8) is 0 Å². The standard InChI is InChI=1S/C15H19BrN2O/c1-10(16)9-15-6-3-7-18(15)13-5-4-11(19-2)8-12(13)14(15)17/h4-5,8,14H,1,3,6-7,9,17H2,2H3/t14-,15-/m1/s1. The summed E-state index contributed by atoms with van der Waals surface area (Å²) in [5.41, 5.74) is 9.04. The van der Waals surface area contributed by atoms with Gasteiger partial charge in [-0.2, -0.15) is 0 Å². The lowest BCUT2D eigenvalue weighted by Gasteiger charge is -2.37. The number of nitrogens with zero attached hydrogens (tertiary/aromatic N) is 1. The number of hydrogen-bond donors (Lipinski definition) is 1. The van der Waals surface area contributed by atoms with Gasteiger partial charge in [0.05, 0.1) is 18.7 Å². The van der Waals surface area contributed by atoms with Gasteiger partial charge in [-0.05, 0) is 41.1 Å². The van der Waals surface area contributed by atoms with Crippen molar-refractivity contribution >= 4 is 21.6 Å². The maximum Gasteiger partial charge on any atom is 0.119 e. The number of ether oxygens (including phenoxy) is 1. The third kappa shape index (κ3) is 1.81. The van der Waals surface area contributed by atoms with Crippen LogP contribution in [-0.2, 0) is 0 Å². The third-order valence-corrected chi connectivity index (χ3v) is 4.75. The van der Waals surface area contributed by atoms with E-state index < -0.39 is 0 Å². The molecule has 4 heteroatoms. The predicted octanol–water partition coefficient (Wildman–Crippen LogP) is 3.35. The molecule has 0 spiro atoms. The van der Waals surface area contributed by atoms with Crippen LogP contribution in [0.3, 0.4) is 0 Å². The zero-order valence-corrected chi connectivity index (χ0v) is 12.7. The van der Waals surface area contributed by atoms with E-state index in [2.05, 4.69) is 39.5 Å². The Morgan fingerprint density at radius 2 is 2.42 bits per heavy atom. The highest BCUT2D eigenvalue weighted by molar-refractivity contribution is 9.11. The summed E-state index contributed by atoms with van der Waals surface area (Å²) < 4.78 is 6.35. The molecular formula is C15H19BrN2O. The van der Waals surface area contributed by atoms with Gasteiger partial charge in [-0.3, -0.25) is 0 Å². The zero-order valence-electron chi connectivity index (χ0n) is 11.2. The molecule has 0 radical (unpaired) electrons. The van der Waals surface area contributed by atoms with Crippen LogP contribution in [0.25, 0.3) is 0 Å². The van der Waals surface area contributed by atoms with Crippen molar-refractivity contribution in [2.45, 2.75) is 30.8 Å². The number of nitrogens with two attached hydrogens (primary N) is 1. The number of anilines is 1. The van der Waals surface area contributed by atoms with Crippen LogP contribution in [0.5, 0.6) is 5.75 Å². The van der Waals surface area contributed by atoms with Gasteiger partial charge in [-0.1, -0.05) is 22.5 Å². The highest BCUT2D eigenvalue weighted by Crippen LogP contribution is 2.54. The number of methoxy groups -OCH3 is 1. The summed E-state index contributed by atoms with van der Waals surface area (Å²) in [6.07, 6.45) is 3.21. The number of hydrogen-bond acceptors (Lipinski definition) is 3. The second-order valence-corrected chi connectivity index (χ2v) is 6.58. The van der Waals surface area contributed by atoms with Crippen LogP contribution in [-0.4, -0.2) is 19.2 Å². The Morgan fingerprint density at radius 3 is 3.11 bits per heavy atom. The SMILES string of the molecule is C=C(Br)C[C@@]12CCCN1c1ccc(OC)cc1[C@H]2N. The molecule has 3 rings (SSSR count). The van der Waals surface area contributed by atoms with Gasteiger partial charge in [0.15, 0.2) is 0 Å². The van der Waals surface area contributed by atoms with E-state index in [0.717, 1.165) is 29.6 Å². The van der Waals surface area contributed by atoms with Crippen LogP contribution < -0.4 is 15.4 Å². The molecule has 19 heavy (non-hydrogen) atoms. The van der Waals surface area contributed by atoms with E-state index in [-0.39, 0.29) is 11.6 Å². The smallest absolute Gasteiger partial charge is 0.119 e. The van der Waals surface area contributed by atoms with Crippen molar-refractivity contribution < 1.29 is 4.74 Å². The van der Waals surface area contributed by atoms with Crippen LogP contribution in [0.1, 0.15) is 30.9 Å². The minimum Gasteiger partial charge on any atom is -0.497 e. The monoisotopic (exact) mass is 322 g/mol. The Labute approximate surface area is 122 Å². The molecule has 2 N–H and O–H groups in total. The van der Waals surface area contributed by atoms with Crippen molar-refractivity contribution in [3.05, 3.63) is 34.8 Å². The minimum absolute atomic E-state index is 0.00468. The molecule has 0 aliphatic carbocycles. The van der Waals surface area contributed by atoms with Crippen LogP contribution in [0.2, 0.25) is 0 Å². The van der Waals surface area contributed by atoms with Crippen molar-refractivity contribution in [1.29, 1.82) is 0 Å². The summed E-state index contributed by atoms with van der Waals surface area (Å²) in [6, 6.07) is 6.26. The summed E-state index contributed by atoms with van der Waals surface area (Å²) in [4.78, 5) is 2.47. The molecule has 0 saturated carbocycles. The van der Waals surface area contributed by atoms with Gasteiger partial charge in [0.2, 0.25) is 0 Å². The average Bonchev–Trinajstić information content (AvgIpc) is 2.88. The van der Waals surface area contributed by atoms with E-state index in [4.69, 9.17) is 10.5 Å². The van der Waals surface area contributed by atoms with Gasteiger partial charge in [0.1, 0.15) is 5.75 Å². The molecule has 0 aromatic heterocycles. The lowest BCUT2D eigenvalue weighted by molar-refractivity contribution is 0.374. The molecule has 1 saturated heterocycles. The average molecular weight is 323 g/mol. The quantitative estimate of drug-likeness (QED) is 0.927. The summed E-state index contributed by atoms with van der Waals surface area (Å²) in [5.74, 6) is 0.878. The third-order valence-electron chi connectivity index (χ3n) is 4.47. The van der Waals surface area contributed by atoms with Crippen molar-refractivity contribution in [3.8, 4) is 5.75 Å².